The second-order valence-corrected chi connectivity index (χ2v) is 2.96. The summed E-state index contributed by atoms with van der Waals surface area (Å²) in [6, 6.07) is 4.30. The minimum absolute atomic E-state index is 0.0231. The normalized spacial score (nSPS) is 9.31. The lowest BCUT2D eigenvalue weighted by Gasteiger charge is -2.05. The molecule has 0 radical (unpaired) electrons. The smallest absolute Gasteiger partial charge is 0.329 e. The standard InChI is InChI=1S/C10H8N2O4/c1-6(13)7-3-4-9(16-2)10(12(14)15)8(7)5-11/h3-4H,1-2H3. The average Bonchev–Trinajstić information content (AvgIpc) is 2.26. The van der Waals surface area contributed by atoms with Crippen molar-refractivity contribution >= 4 is 11.5 Å². The number of nitro groups is 1. The van der Waals surface area contributed by atoms with E-state index in [-0.39, 0.29) is 16.9 Å². The quantitative estimate of drug-likeness (QED) is 0.438. The number of ketones is 1. The van der Waals surface area contributed by atoms with Gasteiger partial charge in [0.2, 0.25) is 0 Å². The van der Waals surface area contributed by atoms with Crippen molar-refractivity contribution in [1.29, 1.82) is 5.26 Å². The van der Waals surface area contributed by atoms with E-state index in [0.717, 1.165) is 0 Å². The number of carbonyl (C=O) groups is 1. The molecule has 0 bridgehead atoms. The number of Topliss-reactive ketones (excluding diaryl/α,β-unsaturated/α-hetero) is 1. The number of benzene rings is 1. The summed E-state index contributed by atoms with van der Waals surface area (Å²) in [6.45, 7) is 1.24. The van der Waals surface area contributed by atoms with E-state index in [1.54, 1.807) is 6.07 Å². The van der Waals surface area contributed by atoms with Crippen molar-refractivity contribution in [2.45, 2.75) is 6.92 Å². The van der Waals surface area contributed by atoms with Crippen LogP contribution < -0.4 is 4.74 Å². The van der Waals surface area contributed by atoms with Crippen molar-refractivity contribution in [2.75, 3.05) is 7.11 Å². The van der Waals surface area contributed by atoms with Gasteiger partial charge >= 0.3 is 5.69 Å². The molecule has 0 spiro atoms. The van der Waals surface area contributed by atoms with Crippen molar-refractivity contribution < 1.29 is 14.5 Å². The Labute approximate surface area is 91.2 Å². The monoisotopic (exact) mass is 220 g/mol. The first-order valence-electron chi connectivity index (χ1n) is 4.29. The van der Waals surface area contributed by atoms with Crippen LogP contribution in [-0.2, 0) is 0 Å². The summed E-state index contributed by atoms with van der Waals surface area (Å²) in [7, 11) is 1.26. The Bertz CT molecular complexity index is 502. The molecular weight excluding hydrogens is 212 g/mol. The Kier molecular flexibility index (Phi) is 3.20. The van der Waals surface area contributed by atoms with Gasteiger partial charge in [-0.25, -0.2) is 0 Å². The van der Waals surface area contributed by atoms with E-state index >= 15 is 0 Å². The highest BCUT2D eigenvalue weighted by molar-refractivity contribution is 5.98. The summed E-state index contributed by atoms with van der Waals surface area (Å²) in [6.07, 6.45) is 0. The van der Waals surface area contributed by atoms with Gasteiger partial charge < -0.3 is 4.74 Å². The third kappa shape index (κ3) is 1.83. The summed E-state index contributed by atoms with van der Waals surface area (Å²) in [5.41, 5.74) is -0.718. The maximum Gasteiger partial charge on any atom is 0.329 e. The van der Waals surface area contributed by atoms with Crippen molar-refractivity contribution in [2.24, 2.45) is 0 Å². The van der Waals surface area contributed by atoms with Crippen molar-refractivity contribution in [3.8, 4) is 11.8 Å². The third-order valence-electron chi connectivity index (χ3n) is 2.03. The van der Waals surface area contributed by atoms with Gasteiger partial charge in [-0.1, -0.05) is 0 Å². The van der Waals surface area contributed by atoms with Gasteiger partial charge in [0, 0.05) is 5.56 Å². The van der Waals surface area contributed by atoms with Crippen LogP contribution in [0.3, 0.4) is 0 Å². The molecule has 0 aromatic heterocycles. The zero-order valence-electron chi connectivity index (χ0n) is 8.68. The lowest BCUT2D eigenvalue weighted by molar-refractivity contribution is -0.386. The minimum atomic E-state index is -0.732. The zero-order chi connectivity index (χ0) is 12.3. The Morgan fingerprint density at radius 1 is 1.56 bits per heavy atom. The summed E-state index contributed by atoms with van der Waals surface area (Å²) >= 11 is 0. The number of hydrogen-bond donors (Lipinski definition) is 0. The van der Waals surface area contributed by atoms with Crippen LogP contribution in [0.2, 0.25) is 0 Å². The molecule has 0 saturated heterocycles. The SMILES string of the molecule is COc1ccc(C(C)=O)c(C#N)c1[N+](=O)[O-]. The van der Waals surface area contributed by atoms with Gasteiger partial charge in [0.15, 0.2) is 11.5 Å². The van der Waals surface area contributed by atoms with Gasteiger partial charge in [0.05, 0.1) is 12.0 Å². The van der Waals surface area contributed by atoms with Crippen molar-refractivity contribution in [1.82, 2.24) is 0 Å². The van der Waals surface area contributed by atoms with Crippen LogP contribution in [0.15, 0.2) is 12.1 Å². The maximum absolute atomic E-state index is 11.2. The molecule has 6 nitrogen and oxygen atoms in total. The number of carbonyl (C=O) groups excluding carboxylic acids is 1. The number of hydrogen-bond acceptors (Lipinski definition) is 5. The fourth-order valence-electron chi connectivity index (χ4n) is 1.32. The van der Waals surface area contributed by atoms with Gasteiger partial charge in [-0.2, -0.15) is 5.26 Å². The second-order valence-electron chi connectivity index (χ2n) is 2.96. The van der Waals surface area contributed by atoms with Gasteiger partial charge in [-0.3, -0.25) is 14.9 Å². The molecule has 82 valence electrons. The molecule has 0 heterocycles. The first kappa shape index (κ1) is 11.7. The molecule has 1 rings (SSSR count). The molecule has 0 aliphatic rings. The molecule has 1 aromatic carbocycles. The lowest BCUT2D eigenvalue weighted by atomic mass is 10.0. The Morgan fingerprint density at radius 3 is 2.56 bits per heavy atom. The topological polar surface area (TPSA) is 93.2 Å². The average molecular weight is 220 g/mol. The fourth-order valence-corrected chi connectivity index (χ4v) is 1.32. The number of methoxy groups -OCH3 is 1. The highest BCUT2D eigenvalue weighted by atomic mass is 16.6. The molecule has 0 aliphatic carbocycles. The first-order chi connectivity index (χ1) is 7.52. The van der Waals surface area contributed by atoms with Crippen LogP contribution >= 0.6 is 0 Å². The number of nitro benzene ring substituents is 1. The van der Waals surface area contributed by atoms with Crippen LogP contribution in [0.25, 0.3) is 0 Å². The van der Waals surface area contributed by atoms with Gasteiger partial charge in [-0.05, 0) is 19.1 Å². The Morgan fingerprint density at radius 2 is 2.19 bits per heavy atom. The predicted octanol–water partition coefficient (Wildman–Crippen LogP) is 1.68. The molecule has 0 amide bonds. The minimum Gasteiger partial charge on any atom is -0.490 e. The van der Waals surface area contributed by atoms with Crippen molar-refractivity contribution in [3.63, 3.8) is 0 Å². The van der Waals surface area contributed by atoms with Gasteiger partial charge in [0.1, 0.15) is 11.6 Å². The molecule has 16 heavy (non-hydrogen) atoms. The van der Waals surface area contributed by atoms with Crippen LogP contribution in [0.4, 0.5) is 5.69 Å². The Balaban J connectivity index is 3.64. The molecule has 0 N–H and O–H groups in total. The number of nitrogens with zero attached hydrogens (tertiary/aromatic N) is 2. The molecule has 0 saturated carbocycles. The predicted molar refractivity (Wildman–Crippen MR) is 54.4 cm³/mol. The van der Waals surface area contributed by atoms with E-state index in [2.05, 4.69) is 0 Å². The molecule has 0 unspecified atom stereocenters. The molecule has 0 aliphatic heterocycles. The molecule has 6 heteroatoms. The zero-order valence-corrected chi connectivity index (χ0v) is 8.68. The summed E-state index contributed by atoms with van der Waals surface area (Å²) in [4.78, 5) is 21.3. The summed E-state index contributed by atoms with van der Waals surface area (Å²) < 4.78 is 4.78. The van der Waals surface area contributed by atoms with E-state index in [0.29, 0.717) is 0 Å². The number of ether oxygens (including phenoxy) is 1. The van der Waals surface area contributed by atoms with E-state index in [1.165, 1.54) is 26.2 Å². The summed E-state index contributed by atoms with van der Waals surface area (Å²) in [5, 5.41) is 19.7. The van der Waals surface area contributed by atoms with Gasteiger partial charge in [0.25, 0.3) is 0 Å². The molecule has 0 fully saturated rings. The Hall–Kier alpha value is -2.42. The highest BCUT2D eigenvalue weighted by Gasteiger charge is 2.25. The maximum atomic E-state index is 11.2. The van der Waals surface area contributed by atoms with E-state index in [9.17, 15) is 14.9 Å². The van der Waals surface area contributed by atoms with Gasteiger partial charge in [-0.15, -0.1) is 0 Å². The molecular formula is C10H8N2O4. The van der Waals surface area contributed by atoms with Crippen LogP contribution in [0.5, 0.6) is 5.75 Å². The number of rotatable bonds is 3. The lowest BCUT2D eigenvalue weighted by Crippen LogP contribution is -2.03. The van der Waals surface area contributed by atoms with Crippen LogP contribution in [0, 0.1) is 21.4 Å². The fraction of sp³-hybridized carbons (Fsp3) is 0.200. The highest BCUT2D eigenvalue weighted by Crippen LogP contribution is 2.32. The number of nitriles is 1. The van der Waals surface area contributed by atoms with E-state index in [1.807, 2.05) is 0 Å². The summed E-state index contributed by atoms with van der Waals surface area (Å²) in [5.74, 6) is -0.436. The van der Waals surface area contributed by atoms with E-state index in [4.69, 9.17) is 10.00 Å². The van der Waals surface area contributed by atoms with Crippen molar-refractivity contribution in [3.05, 3.63) is 33.4 Å². The first-order valence-corrected chi connectivity index (χ1v) is 4.29. The molecule has 1 aromatic rings. The van der Waals surface area contributed by atoms with Crippen LogP contribution in [0.1, 0.15) is 22.8 Å². The van der Waals surface area contributed by atoms with E-state index < -0.39 is 16.4 Å². The third-order valence-corrected chi connectivity index (χ3v) is 2.03. The second kappa shape index (κ2) is 4.40. The van der Waals surface area contributed by atoms with Crippen LogP contribution in [-0.4, -0.2) is 17.8 Å². The largest absolute Gasteiger partial charge is 0.490 e. The molecule has 0 atom stereocenters.